The zero-order valence-corrected chi connectivity index (χ0v) is 17.7. The quantitative estimate of drug-likeness (QED) is 0.503. The van der Waals surface area contributed by atoms with Gasteiger partial charge >= 0.3 is 0 Å². The molecule has 7 heteroatoms. The summed E-state index contributed by atoms with van der Waals surface area (Å²) >= 11 is 0. The predicted molar refractivity (Wildman–Crippen MR) is 120 cm³/mol. The molecule has 0 aliphatic heterocycles. The third-order valence-electron chi connectivity index (χ3n) is 5.87. The number of carbonyl (C=O) groups excluding carboxylic acids is 1. The van der Waals surface area contributed by atoms with E-state index in [0.29, 0.717) is 12.2 Å². The molecule has 2 aromatic carbocycles. The summed E-state index contributed by atoms with van der Waals surface area (Å²) in [6.45, 7) is 0.526. The molecule has 0 spiro atoms. The van der Waals surface area contributed by atoms with Crippen molar-refractivity contribution in [3.63, 3.8) is 0 Å². The fourth-order valence-electron chi connectivity index (χ4n) is 4.22. The third-order valence-corrected chi connectivity index (χ3v) is 5.87. The lowest BCUT2D eigenvalue weighted by atomic mass is 9.95. The fourth-order valence-corrected chi connectivity index (χ4v) is 4.22. The molecular formula is C25H24FN5O. The van der Waals surface area contributed by atoms with Gasteiger partial charge in [-0.3, -0.25) is 4.79 Å². The van der Waals surface area contributed by atoms with Gasteiger partial charge in [-0.25, -0.2) is 13.8 Å². The van der Waals surface area contributed by atoms with Gasteiger partial charge < -0.3 is 5.32 Å². The minimum atomic E-state index is -0.287. The van der Waals surface area contributed by atoms with E-state index in [0.717, 1.165) is 60.3 Å². The molecule has 1 amide bonds. The third kappa shape index (κ3) is 4.06. The molecule has 0 bridgehead atoms. The second-order valence-corrected chi connectivity index (χ2v) is 7.99. The maximum atomic E-state index is 13.3. The highest BCUT2D eigenvalue weighted by molar-refractivity contribution is 5.94. The smallest absolute Gasteiger partial charge is 0.272 e. The normalized spacial score (nSPS) is 13.0. The van der Waals surface area contributed by atoms with Gasteiger partial charge in [-0.1, -0.05) is 12.1 Å². The van der Waals surface area contributed by atoms with Gasteiger partial charge in [-0.15, -0.1) is 0 Å². The molecule has 162 valence electrons. The Labute approximate surface area is 185 Å². The van der Waals surface area contributed by atoms with E-state index in [1.165, 1.54) is 12.1 Å². The first-order valence-electron chi connectivity index (χ1n) is 10.9. The number of nitrogens with one attached hydrogen (secondary N) is 1. The molecule has 0 fully saturated rings. The van der Waals surface area contributed by atoms with Gasteiger partial charge in [0.25, 0.3) is 5.91 Å². The van der Waals surface area contributed by atoms with Gasteiger partial charge in [-0.05, 0) is 80.1 Å². The average Bonchev–Trinajstić information content (AvgIpc) is 3.49. The van der Waals surface area contributed by atoms with Crippen LogP contribution >= 0.6 is 0 Å². The molecule has 32 heavy (non-hydrogen) atoms. The second-order valence-electron chi connectivity index (χ2n) is 7.99. The average molecular weight is 429 g/mol. The van der Waals surface area contributed by atoms with Crippen LogP contribution in [0.2, 0.25) is 0 Å². The molecule has 6 nitrogen and oxygen atoms in total. The number of nitrogens with zero attached hydrogens (tertiary/aromatic N) is 4. The first-order valence-corrected chi connectivity index (χ1v) is 10.9. The molecule has 1 aliphatic rings. The van der Waals surface area contributed by atoms with Crippen molar-refractivity contribution in [3.05, 3.63) is 95.3 Å². The number of aromatic nitrogens is 4. The van der Waals surface area contributed by atoms with E-state index >= 15 is 0 Å². The monoisotopic (exact) mass is 429 g/mol. The minimum absolute atomic E-state index is 0.155. The minimum Gasteiger partial charge on any atom is -0.350 e. The Morgan fingerprint density at radius 1 is 1.00 bits per heavy atom. The van der Waals surface area contributed by atoms with Crippen LogP contribution in [0.5, 0.6) is 0 Å². The molecule has 4 aromatic rings. The van der Waals surface area contributed by atoms with Crippen molar-refractivity contribution >= 4 is 5.91 Å². The number of amides is 1. The topological polar surface area (TPSA) is 64.7 Å². The first-order chi connectivity index (χ1) is 15.7. The highest BCUT2D eigenvalue weighted by Gasteiger charge is 2.25. The molecule has 0 unspecified atom stereocenters. The Hall–Kier alpha value is -3.74. The first kappa shape index (κ1) is 20.2. The van der Waals surface area contributed by atoms with Crippen LogP contribution in [0.15, 0.2) is 67.0 Å². The standard InChI is InChI=1S/C25H24FN5O/c26-19-8-12-21(13-9-19)31-23-5-2-1-4-22(23)24(29-31)25(32)27-16-14-18-6-10-20(11-7-18)30-17-3-15-28-30/h3,6-13,15,17H,1-2,4-5,14,16H2,(H,27,32). The highest BCUT2D eigenvalue weighted by atomic mass is 19.1. The summed E-state index contributed by atoms with van der Waals surface area (Å²) in [6, 6.07) is 16.3. The number of fused-ring (bicyclic) bond motifs is 1. The summed E-state index contributed by atoms with van der Waals surface area (Å²) in [5.74, 6) is -0.442. The lowest BCUT2D eigenvalue weighted by molar-refractivity contribution is 0.0947. The van der Waals surface area contributed by atoms with Gasteiger partial charge in [-0.2, -0.15) is 10.2 Å². The van der Waals surface area contributed by atoms with Crippen LogP contribution in [0.1, 0.15) is 40.2 Å². The van der Waals surface area contributed by atoms with Crippen LogP contribution in [0.4, 0.5) is 4.39 Å². The van der Waals surface area contributed by atoms with E-state index in [2.05, 4.69) is 15.5 Å². The molecule has 1 N–H and O–H groups in total. The Morgan fingerprint density at radius 3 is 2.50 bits per heavy atom. The largest absolute Gasteiger partial charge is 0.350 e. The van der Waals surface area contributed by atoms with E-state index in [9.17, 15) is 9.18 Å². The van der Waals surface area contributed by atoms with Crippen LogP contribution in [0, 0.1) is 5.82 Å². The SMILES string of the molecule is O=C(NCCc1ccc(-n2cccn2)cc1)c1nn(-c2ccc(F)cc2)c2c1CCCC2. The zero-order chi connectivity index (χ0) is 21.9. The maximum Gasteiger partial charge on any atom is 0.272 e. The number of hydrogen-bond acceptors (Lipinski definition) is 3. The predicted octanol–water partition coefficient (Wildman–Crippen LogP) is 4.05. The van der Waals surface area contributed by atoms with Crippen molar-refractivity contribution < 1.29 is 9.18 Å². The molecule has 1 aliphatic carbocycles. The van der Waals surface area contributed by atoms with Crippen molar-refractivity contribution in [2.75, 3.05) is 6.54 Å². The van der Waals surface area contributed by atoms with Gasteiger partial charge in [0.15, 0.2) is 5.69 Å². The Balaban J connectivity index is 1.28. The molecule has 0 saturated carbocycles. The number of benzene rings is 2. The van der Waals surface area contributed by atoms with Crippen LogP contribution in [-0.2, 0) is 19.3 Å². The summed E-state index contributed by atoms with van der Waals surface area (Å²) in [6.07, 6.45) is 8.21. The van der Waals surface area contributed by atoms with Gasteiger partial charge in [0, 0.05) is 30.2 Å². The van der Waals surface area contributed by atoms with Crippen molar-refractivity contribution in [2.24, 2.45) is 0 Å². The molecular weight excluding hydrogens is 405 g/mol. The van der Waals surface area contributed by atoms with Crippen molar-refractivity contribution in [2.45, 2.75) is 32.1 Å². The molecule has 2 aromatic heterocycles. The maximum absolute atomic E-state index is 13.3. The number of halogens is 1. The number of hydrogen-bond donors (Lipinski definition) is 1. The van der Waals surface area contributed by atoms with Crippen molar-refractivity contribution in [1.82, 2.24) is 24.9 Å². The van der Waals surface area contributed by atoms with Crippen LogP contribution in [0.25, 0.3) is 11.4 Å². The van der Waals surface area contributed by atoms with E-state index in [4.69, 9.17) is 0 Å². The Bertz CT molecular complexity index is 1210. The molecule has 2 heterocycles. The van der Waals surface area contributed by atoms with Crippen molar-refractivity contribution in [3.8, 4) is 11.4 Å². The summed E-state index contributed by atoms with van der Waals surface area (Å²) in [5.41, 5.74) is 5.48. The van der Waals surface area contributed by atoms with E-state index in [1.54, 1.807) is 23.0 Å². The van der Waals surface area contributed by atoms with Crippen molar-refractivity contribution in [1.29, 1.82) is 0 Å². The summed E-state index contributed by atoms with van der Waals surface area (Å²) in [4.78, 5) is 13.0. The van der Waals surface area contributed by atoms with E-state index in [-0.39, 0.29) is 11.7 Å². The molecule has 5 rings (SSSR count). The lowest BCUT2D eigenvalue weighted by Crippen LogP contribution is -2.27. The van der Waals surface area contributed by atoms with Gasteiger partial charge in [0.2, 0.25) is 0 Å². The second kappa shape index (κ2) is 8.78. The van der Waals surface area contributed by atoms with Crippen LogP contribution in [-0.4, -0.2) is 32.0 Å². The highest BCUT2D eigenvalue weighted by Crippen LogP contribution is 2.27. The fraction of sp³-hybridized carbons (Fsp3) is 0.240. The van der Waals surface area contributed by atoms with Crippen LogP contribution in [0.3, 0.4) is 0 Å². The summed E-state index contributed by atoms with van der Waals surface area (Å²) < 4.78 is 17.0. The molecule has 0 atom stereocenters. The Morgan fingerprint density at radius 2 is 1.75 bits per heavy atom. The van der Waals surface area contributed by atoms with Crippen LogP contribution < -0.4 is 5.32 Å². The Kier molecular flexibility index (Phi) is 5.54. The molecule has 0 saturated heterocycles. The summed E-state index contributed by atoms with van der Waals surface area (Å²) in [7, 11) is 0. The zero-order valence-electron chi connectivity index (χ0n) is 17.7. The van der Waals surface area contributed by atoms with Gasteiger partial charge in [0.1, 0.15) is 5.82 Å². The summed E-state index contributed by atoms with van der Waals surface area (Å²) in [5, 5.41) is 11.9. The lowest BCUT2D eigenvalue weighted by Gasteiger charge is -2.14. The number of carbonyl (C=O) groups is 1. The molecule has 0 radical (unpaired) electrons. The number of rotatable bonds is 6. The van der Waals surface area contributed by atoms with Gasteiger partial charge in [0.05, 0.1) is 11.4 Å². The van der Waals surface area contributed by atoms with E-state index < -0.39 is 0 Å². The van der Waals surface area contributed by atoms with E-state index in [1.807, 2.05) is 41.2 Å².